The molecular weight excluding hydrogens is 296 g/mol. The Morgan fingerprint density at radius 3 is 2.71 bits per heavy atom. The van der Waals surface area contributed by atoms with Gasteiger partial charge in [-0.15, -0.1) is 0 Å². The number of fused-ring (bicyclic) bond motifs is 1. The molecule has 0 bridgehead atoms. The van der Waals surface area contributed by atoms with Gasteiger partial charge in [0, 0.05) is 18.3 Å². The molecule has 0 unspecified atom stereocenters. The quantitative estimate of drug-likeness (QED) is 0.585. The number of hydrogen-bond acceptors (Lipinski definition) is 6. The smallest absolute Gasteiger partial charge is 0.269 e. The summed E-state index contributed by atoms with van der Waals surface area (Å²) in [6, 6.07) is 6.19. The predicted molar refractivity (Wildman–Crippen MR) is 76.9 cm³/mol. The molecule has 0 aliphatic rings. The number of benzene rings is 1. The van der Waals surface area contributed by atoms with Crippen LogP contribution in [0.4, 0.5) is 11.6 Å². The number of non-ortho nitro benzene ring substituents is 1. The van der Waals surface area contributed by atoms with Gasteiger partial charge in [0.1, 0.15) is 0 Å². The van der Waals surface area contributed by atoms with Crippen molar-refractivity contribution >= 4 is 34.3 Å². The molecule has 2 N–H and O–H groups in total. The summed E-state index contributed by atoms with van der Waals surface area (Å²) in [5.41, 5.74) is 6.95. The van der Waals surface area contributed by atoms with E-state index in [1.807, 2.05) is 0 Å². The van der Waals surface area contributed by atoms with Crippen LogP contribution in [0.1, 0.15) is 5.56 Å². The minimum Gasteiger partial charge on any atom is -0.368 e. The Kier molecular flexibility index (Phi) is 3.15. The molecule has 0 spiro atoms. The third-order valence-corrected chi connectivity index (χ3v) is 3.22. The molecule has 0 aliphatic carbocycles. The first kappa shape index (κ1) is 13.3. The second kappa shape index (κ2) is 4.98. The van der Waals surface area contributed by atoms with Crippen LogP contribution in [-0.4, -0.2) is 24.7 Å². The fourth-order valence-electron chi connectivity index (χ4n) is 1.94. The van der Waals surface area contributed by atoms with Crippen molar-refractivity contribution in [2.24, 2.45) is 0 Å². The summed E-state index contributed by atoms with van der Waals surface area (Å²) in [7, 11) is 0. The maximum atomic E-state index is 10.6. The average molecular weight is 305 g/mol. The molecule has 0 atom stereocenters. The zero-order chi connectivity index (χ0) is 15.0. The fraction of sp³-hybridized carbons (Fsp3) is 0.0833. The van der Waals surface area contributed by atoms with Crippen LogP contribution in [0.3, 0.4) is 0 Å². The summed E-state index contributed by atoms with van der Waals surface area (Å²) >= 11 is 6.02. The van der Waals surface area contributed by atoms with E-state index in [2.05, 4.69) is 15.1 Å². The monoisotopic (exact) mass is 304 g/mol. The lowest BCUT2D eigenvalue weighted by molar-refractivity contribution is -0.384. The molecule has 21 heavy (non-hydrogen) atoms. The van der Waals surface area contributed by atoms with E-state index in [1.165, 1.54) is 18.3 Å². The second-order valence-electron chi connectivity index (χ2n) is 4.34. The van der Waals surface area contributed by atoms with Gasteiger partial charge >= 0.3 is 0 Å². The number of nitrogens with two attached hydrogens (primary N) is 1. The summed E-state index contributed by atoms with van der Waals surface area (Å²) in [5.74, 6) is 0.129. The lowest BCUT2D eigenvalue weighted by atomic mass is 10.2. The van der Waals surface area contributed by atoms with Gasteiger partial charge in [0.05, 0.1) is 16.9 Å². The van der Waals surface area contributed by atoms with Crippen LogP contribution in [0.25, 0.3) is 11.0 Å². The maximum absolute atomic E-state index is 10.6. The molecule has 9 heteroatoms. The van der Waals surface area contributed by atoms with E-state index in [0.717, 1.165) is 5.56 Å². The minimum absolute atomic E-state index is 0.0358. The predicted octanol–water partition coefficient (Wildman–Crippen LogP) is 2.02. The number of halogens is 1. The molecular formula is C12H9ClN6O2. The highest BCUT2D eigenvalue weighted by Gasteiger charge is 2.12. The Balaban J connectivity index is 1.98. The van der Waals surface area contributed by atoms with Crippen molar-refractivity contribution in [3.8, 4) is 0 Å². The molecule has 0 aliphatic heterocycles. The number of nitro benzene ring substituents is 1. The molecule has 0 fully saturated rings. The maximum Gasteiger partial charge on any atom is 0.269 e. The normalized spacial score (nSPS) is 10.9. The first-order chi connectivity index (χ1) is 10.0. The number of rotatable bonds is 3. The van der Waals surface area contributed by atoms with E-state index in [1.54, 1.807) is 16.8 Å². The van der Waals surface area contributed by atoms with Crippen LogP contribution in [0, 0.1) is 10.1 Å². The van der Waals surface area contributed by atoms with Gasteiger partial charge in [-0.3, -0.25) is 10.1 Å². The topological polar surface area (TPSA) is 113 Å². The van der Waals surface area contributed by atoms with Gasteiger partial charge in [0.2, 0.25) is 5.95 Å². The summed E-state index contributed by atoms with van der Waals surface area (Å²) in [6.07, 6.45) is 1.51. The van der Waals surface area contributed by atoms with Crippen LogP contribution in [0.5, 0.6) is 0 Å². The summed E-state index contributed by atoms with van der Waals surface area (Å²) < 4.78 is 1.58. The SMILES string of the molecule is Nc1ncc2c(Cl)nn(Cc3ccc([N+](=O)[O-])cc3)c2n1. The molecule has 8 nitrogen and oxygen atoms in total. The van der Waals surface area contributed by atoms with Crippen molar-refractivity contribution in [2.75, 3.05) is 5.73 Å². The molecule has 0 saturated carbocycles. The molecule has 1 aromatic carbocycles. The largest absolute Gasteiger partial charge is 0.368 e. The van der Waals surface area contributed by atoms with Crippen LogP contribution < -0.4 is 5.73 Å². The zero-order valence-electron chi connectivity index (χ0n) is 10.6. The summed E-state index contributed by atoms with van der Waals surface area (Å²) in [6.45, 7) is 0.373. The van der Waals surface area contributed by atoms with Crippen LogP contribution in [0.2, 0.25) is 5.15 Å². The number of anilines is 1. The summed E-state index contributed by atoms with van der Waals surface area (Å²) in [5, 5.41) is 15.7. The van der Waals surface area contributed by atoms with Gasteiger partial charge in [-0.2, -0.15) is 10.1 Å². The standard InChI is InChI=1S/C12H9ClN6O2/c13-10-9-5-15-12(14)16-11(9)18(17-10)6-7-1-3-8(4-2-7)19(20)21/h1-5H,6H2,(H2,14,15,16). The minimum atomic E-state index is -0.447. The van der Waals surface area contributed by atoms with Crippen molar-refractivity contribution in [3.63, 3.8) is 0 Å². The van der Waals surface area contributed by atoms with Crippen LogP contribution >= 0.6 is 11.6 Å². The van der Waals surface area contributed by atoms with E-state index in [0.29, 0.717) is 17.6 Å². The molecule has 0 radical (unpaired) electrons. The Morgan fingerprint density at radius 1 is 1.33 bits per heavy atom. The number of nitrogens with zero attached hydrogens (tertiary/aromatic N) is 5. The van der Waals surface area contributed by atoms with Gasteiger partial charge in [0.15, 0.2) is 10.8 Å². The number of hydrogen-bond donors (Lipinski definition) is 1. The first-order valence-corrected chi connectivity index (χ1v) is 6.30. The Labute approximate surface area is 123 Å². The van der Waals surface area contributed by atoms with Crippen molar-refractivity contribution in [2.45, 2.75) is 6.54 Å². The highest BCUT2D eigenvalue weighted by molar-refractivity contribution is 6.34. The molecule has 0 saturated heterocycles. The van der Waals surface area contributed by atoms with E-state index >= 15 is 0 Å². The first-order valence-electron chi connectivity index (χ1n) is 5.92. The van der Waals surface area contributed by atoms with Gasteiger partial charge in [-0.05, 0) is 5.56 Å². The number of nitrogen functional groups attached to an aromatic ring is 1. The average Bonchev–Trinajstić information content (AvgIpc) is 2.75. The van der Waals surface area contributed by atoms with Crippen molar-refractivity contribution in [1.82, 2.24) is 19.7 Å². The molecule has 3 rings (SSSR count). The van der Waals surface area contributed by atoms with E-state index < -0.39 is 4.92 Å². The molecule has 2 aromatic heterocycles. The Hall–Kier alpha value is -2.74. The van der Waals surface area contributed by atoms with Gasteiger partial charge in [-0.25, -0.2) is 9.67 Å². The molecule has 3 aromatic rings. The molecule has 0 amide bonds. The zero-order valence-corrected chi connectivity index (χ0v) is 11.4. The van der Waals surface area contributed by atoms with Crippen molar-refractivity contribution in [1.29, 1.82) is 0 Å². The third-order valence-electron chi connectivity index (χ3n) is 2.94. The fourth-order valence-corrected chi connectivity index (χ4v) is 2.17. The second-order valence-corrected chi connectivity index (χ2v) is 4.70. The Bertz CT molecular complexity index is 830. The van der Waals surface area contributed by atoms with Gasteiger partial charge < -0.3 is 5.73 Å². The Morgan fingerprint density at radius 2 is 2.05 bits per heavy atom. The van der Waals surface area contributed by atoms with Crippen LogP contribution in [0.15, 0.2) is 30.5 Å². The third kappa shape index (κ3) is 2.48. The lowest BCUT2D eigenvalue weighted by Crippen LogP contribution is -2.04. The van der Waals surface area contributed by atoms with E-state index in [9.17, 15) is 10.1 Å². The van der Waals surface area contributed by atoms with Gasteiger partial charge in [-0.1, -0.05) is 23.7 Å². The molecule has 2 heterocycles. The van der Waals surface area contributed by atoms with Crippen molar-refractivity contribution < 1.29 is 4.92 Å². The van der Waals surface area contributed by atoms with E-state index in [4.69, 9.17) is 17.3 Å². The highest BCUT2D eigenvalue weighted by atomic mass is 35.5. The van der Waals surface area contributed by atoms with Gasteiger partial charge in [0.25, 0.3) is 5.69 Å². The summed E-state index contributed by atoms with van der Waals surface area (Å²) in [4.78, 5) is 18.2. The highest BCUT2D eigenvalue weighted by Crippen LogP contribution is 2.22. The number of nitro groups is 1. The number of aromatic nitrogens is 4. The van der Waals surface area contributed by atoms with Crippen molar-refractivity contribution in [3.05, 3.63) is 51.3 Å². The van der Waals surface area contributed by atoms with Crippen LogP contribution in [-0.2, 0) is 6.54 Å². The molecule has 106 valence electrons. The van der Waals surface area contributed by atoms with E-state index in [-0.39, 0.29) is 16.8 Å². The lowest BCUT2D eigenvalue weighted by Gasteiger charge is -2.03.